The van der Waals surface area contributed by atoms with Gasteiger partial charge in [0.2, 0.25) is 5.91 Å². The number of amides is 3. The third kappa shape index (κ3) is 3.17. The number of aliphatic carboxylic acids is 1. The van der Waals surface area contributed by atoms with Crippen LogP contribution in [0.3, 0.4) is 0 Å². The summed E-state index contributed by atoms with van der Waals surface area (Å²) in [7, 11) is 0. The molecule has 0 bridgehead atoms. The van der Waals surface area contributed by atoms with Crippen LogP contribution in [0.25, 0.3) is 0 Å². The first-order valence-corrected chi connectivity index (χ1v) is 7.19. The van der Waals surface area contributed by atoms with Crippen LogP contribution in [0.2, 0.25) is 0 Å². The van der Waals surface area contributed by atoms with E-state index in [1.54, 1.807) is 11.0 Å². The molecule has 116 valence electrons. The molecule has 0 radical (unpaired) electrons. The highest BCUT2D eigenvalue weighted by atomic mass is 16.4. The number of urea groups is 1. The molecule has 2 aliphatic rings. The molecule has 7 heteroatoms. The Labute approximate surface area is 123 Å². The van der Waals surface area contributed by atoms with E-state index in [4.69, 9.17) is 5.73 Å². The molecule has 0 aromatic heterocycles. The van der Waals surface area contributed by atoms with Crippen LogP contribution in [0, 0.1) is 5.41 Å². The van der Waals surface area contributed by atoms with Crippen LogP contribution in [0.1, 0.15) is 32.1 Å². The molecule has 1 heterocycles. The number of hydrogen-bond acceptors (Lipinski definition) is 3. The Morgan fingerprint density at radius 3 is 2.38 bits per heavy atom. The normalized spacial score (nSPS) is 26.4. The zero-order valence-electron chi connectivity index (χ0n) is 11.9. The molecule has 1 atom stereocenters. The van der Waals surface area contributed by atoms with Gasteiger partial charge < -0.3 is 21.1 Å². The maximum absolute atomic E-state index is 12.6. The number of carboxylic acids is 1. The Hall–Kier alpha value is -2.05. The van der Waals surface area contributed by atoms with Crippen LogP contribution in [0.15, 0.2) is 12.2 Å². The number of carbonyl (C=O) groups excluding carboxylic acids is 2. The van der Waals surface area contributed by atoms with Crippen molar-refractivity contribution in [3.05, 3.63) is 12.2 Å². The lowest BCUT2D eigenvalue weighted by Gasteiger charge is -2.38. The molecule has 0 aromatic rings. The molecule has 1 saturated heterocycles. The van der Waals surface area contributed by atoms with Gasteiger partial charge in [-0.05, 0) is 32.1 Å². The quantitative estimate of drug-likeness (QED) is 0.518. The molecule has 0 spiro atoms. The van der Waals surface area contributed by atoms with Gasteiger partial charge in [0.25, 0.3) is 0 Å². The lowest BCUT2D eigenvalue weighted by molar-refractivity contribution is -0.162. The molecule has 4 N–H and O–H groups in total. The van der Waals surface area contributed by atoms with Gasteiger partial charge in [0, 0.05) is 19.1 Å². The molecule has 1 aliphatic heterocycles. The first kappa shape index (κ1) is 15.3. The largest absolute Gasteiger partial charge is 0.480 e. The number of carbonyl (C=O) groups is 3. The van der Waals surface area contributed by atoms with Crippen molar-refractivity contribution >= 4 is 17.9 Å². The van der Waals surface area contributed by atoms with Crippen LogP contribution in [0.4, 0.5) is 4.79 Å². The predicted molar refractivity (Wildman–Crippen MR) is 75.4 cm³/mol. The number of nitrogens with two attached hydrogens (primary N) is 1. The molecule has 0 aromatic carbocycles. The van der Waals surface area contributed by atoms with Gasteiger partial charge in [0.05, 0.1) is 0 Å². The fourth-order valence-electron chi connectivity index (χ4n) is 3.04. The number of likely N-dealkylation sites (tertiary alicyclic amines) is 1. The smallest absolute Gasteiger partial charge is 0.319 e. The van der Waals surface area contributed by atoms with Crippen LogP contribution >= 0.6 is 0 Å². The van der Waals surface area contributed by atoms with Crippen LogP contribution in [-0.4, -0.2) is 47.0 Å². The number of primary amides is 1. The topological polar surface area (TPSA) is 113 Å². The number of rotatable bonds is 3. The van der Waals surface area contributed by atoms with Crippen molar-refractivity contribution in [1.82, 2.24) is 10.2 Å². The minimum Gasteiger partial charge on any atom is -0.480 e. The fourth-order valence-corrected chi connectivity index (χ4v) is 3.04. The molecular weight excluding hydrogens is 274 g/mol. The number of nitrogens with zero attached hydrogens (tertiary/aromatic N) is 1. The van der Waals surface area contributed by atoms with Crippen molar-refractivity contribution in [3.63, 3.8) is 0 Å². The van der Waals surface area contributed by atoms with E-state index in [9.17, 15) is 19.5 Å². The van der Waals surface area contributed by atoms with Gasteiger partial charge in [-0.1, -0.05) is 12.2 Å². The Morgan fingerprint density at radius 1 is 1.24 bits per heavy atom. The summed E-state index contributed by atoms with van der Waals surface area (Å²) < 4.78 is 0. The van der Waals surface area contributed by atoms with Gasteiger partial charge in [-0.3, -0.25) is 9.59 Å². The third-order valence-electron chi connectivity index (χ3n) is 4.32. The van der Waals surface area contributed by atoms with E-state index in [-0.39, 0.29) is 18.4 Å². The summed E-state index contributed by atoms with van der Waals surface area (Å²) in [5.41, 5.74) is 3.76. The zero-order valence-corrected chi connectivity index (χ0v) is 11.9. The van der Waals surface area contributed by atoms with E-state index in [2.05, 4.69) is 5.32 Å². The van der Waals surface area contributed by atoms with E-state index in [1.165, 1.54) is 0 Å². The van der Waals surface area contributed by atoms with Crippen LogP contribution in [0.5, 0.6) is 0 Å². The summed E-state index contributed by atoms with van der Waals surface area (Å²) in [6.45, 7) is 0.894. The number of allylic oxidation sites excluding steroid dienone is 2. The lowest BCUT2D eigenvalue weighted by atomic mass is 9.75. The molecule has 2 rings (SSSR count). The SMILES string of the molecule is NC(=O)NC1CCN(C(=O)C2(C(=O)O)CC=CCC2)CC1. The summed E-state index contributed by atoms with van der Waals surface area (Å²) >= 11 is 0. The van der Waals surface area contributed by atoms with Crippen molar-refractivity contribution in [1.29, 1.82) is 0 Å². The monoisotopic (exact) mass is 295 g/mol. The second kappa shape index (κ2) is 6.15. The molecule has 1 fully saturated rings. The molecule has 7 nitrogen and oxygen atoms in total. The van der Waals surface area contributed by atoms with Gasteiger partial charge in [0.15, 0.2) is 0 Å². The minimum absolute atomic E-state index is 0.0430. The molecular formula is C14H21N3O4. The van der Waals surface area contributed by atoms with E-state index in [0.29, 0.717) is 38.8 Å². The average Bonchev–Trinajstić information content (AvgIpc) is 2.47. The Morgan fingerprint density at radius 2 is 1.90 bits per heavy atom. The van der Waals surface area contributed by atoms with E-state index < -0.39 is 17.4 Å². The first-order valence-electron chi connectivity index (χ1n) is 7.19. The maximum Gasteiger partial charge on any atom is 0.319 e. The number of nitrogens with one attached hydrogen (secondary N) is 1. The second-order valence-electron chi connectivity index (χ2n) is 5.68. The van der Waals surface area contributed by atoms with Gasteiger partial charge >= 0.3 is 12.0 Å². The van der Waals surface area contributed by atoms with Crippen LogP contribution in [-0.2, 0) is 9.59 Å². The van der Waals surface area contributed by atoms with Gasteiger partial charge in [0.1, 0.15) is 5.41 Å². The highest BCUT2D eigenvalue weighted by Gasteiger charge is 2.48. The zero-order chi connectivity index (χ0) is 15.5. The van der Waals surface area contributed by atoms with Crippen molar-refractivity contribution in [2.75, 3.05) is 13.1 Å². The van der Waals surface area contributed by atoms with E-state index >= 15 is 0 Å². The summed E-state index contributed by atoms with van der Waals surface area (Å²) in [5, 5.41) is 12.1. The van der Waals surface area contributed by atoms with Crippen molar-refractivity contribution in [3.8, 4) is 0 Å². The molecule has 1 unspecified atom stereocenters. The molecule has 0 saturated carbocycles. The standard InChI is InChI=1S/C14H21N3O4/c15-13(21)16-10-4-8-17(9-5-10)11(18)14(12(19)20)6-2-1-3-7-14/h1-2,10H,3-9H2,(H,19,20)(H3,15,16,21). The molecule has 3 amide bonds. The van der Waals surface area contributed by atoms with E-state index in [1.807, 2.05) is 6.08 Å². The Kier molecular flexibility index (Phi) is 4.50. The third-order valence-corrected chi connectivity index (χ3v) is 4.32. The fraction of sp³-hybridized carbons (Fsp3) is 0.643. The summed E-state index contributed by atoms with van der Waals surface area (Å²) in [6.07, 6.45) is 6.09. The van der Waals surface area contributed by atoms with Crippen LogP contribution < -0.4 is 11.1 Å². The van der Waals surface area contributed by atoms with Gasteiger partial charge in [-0.25, -0.2) is 4.79 Å². The molecule has 21 heavy (non-hydrogen) atoms. The Bertz CT molecular complexity index is 469. The average molecular weight is 295 g/mol. The minimum atomic E-state index is -1.32. The van der Waals surface area contributed by atoms with Gasteiger partial charge in [-0.2, -0.15) is 0 Å². The van der Waals surface area contributed by atoms with Gasteiger partial charge in [-0.15, -0.1) is 0 Å². The first-order chi connectivity index (χ1) is 9.95. The summed E-state index contributed by atoms with van der Waals surface area (Å²) in [4.78, 5) is 36.7. The number of hydrogen-bond donors (Lipinski definition) is 3. The van der Waals surface area contributed by atoms with E-state index in [0.717, 1.165) is 0 Å². The second-order valence-corrected chi connectivity index (χ2v) is 5.68. The van der Waals surface area contributed by atoms with Crippen molar-refractivity contribution < 1.29 is 19.5 Å². The lowest BCUT2D eigenvalue weighted by Crippen LogP contribution is -2.54. The Balaban J connectivity index is 2.01. The maximum atomic E-state index is 12.6. The highest BCUT2D eigenvalue weighted by Crippen LogP contribution is 2.36. The predicted octanol–water partition coefficient (Wildman–Crippen LogP) is 0.457. The number of carboxylic acid groups (broad SMARTS) is 1. The highest BCUT2D eigenvalue weighted by molar-refractivity contribution is 6.02. The summed E-state index contributed by atoms with van der Waals surface area (Å²) in [6, 6.07) is -0.613. The van der Waals surface area contributed by atoms with Crippen molar-refractivity contribution in [2.45, 2.75) is 38.1 Å². The summed E-state index contributed by atoms with van der Waals surface area (Å²) in [5.74, 6) is -1.36. The number of piperidine rings is 1. The molecule has 1 aliphatic carbocycles. The van der Waals surface area contributed by atoms with Crippen molar-refractivity contribution in [2.24, 2.45) is 11.1 Å².